The summed E-state index contributed by atoms with van der Waals surface area (Å²) in [7, 11) is 4.62. The summed E-state index contributed by atoms with van der Waals surface area (Å²) in [5.41, 5.74) is 2.24. The minimum atomic E-state index is -0.812. The van der Waals surface area contributed by atoms with Crippen LogP contribution in [0.4, 0.5) is 0 Å². The Bertz CT molecular complexity index is 1190. The maximum Gasteiger partial charge on any atom is 0.231 e. The zero-order valence-electron chi connectivity index (χ0n) is 17.6. The highest BCUT2D eigenvalue weighted by Crippen LogP contribution is 2.39. The Kier molecular flexibility index (Phi) is 6.38. The third kappa shape index (κ3) is 4.17. The summed E-state index contributed by atoms with van der Waals surface area (Å²) in [5.74, 6) is 1.59. The molecule has 0 radical (unpaired) electrons. The third-order valence-corrected chi connectivity index (χ3v) is 5.71. The number of hydrogen-bond acceptors (Lipinski definition) is 7. The number of furan rings is 1. The quantitative estimate of drug-likeness (QED) is 0.320. The number of methoxy groups -OCH3 is 3. The Labute approximate surface area is 192 Å². The molecule has 164 valence electrons. The van der Waals surface area contributed by atoms with Crippen molar-refractivity contribution in [3.63, 3.8) is 0 Å². The van der Waals surface area contributed by atoms with Crippen molar-refractivity contribution in [1.82, 2.24) is 14.8 Å². The molecule has 0 aliphatic heterocycles. The van der Waals surface area contributed by atoms with Crippen LogP contribution in [0.3, 0.4) is 0 Å². The van der Waals surface area contributed by atoms with E-state index in [0.717, 1.165) is 5.69 Å². The first-order chi connectivity index (χ1) is 15.5. The average Bonchev–Trinajstić information content (AvgIpc) is 3.53. The number of carbonyl (C=O) groups excluding carboxylic acids is 1. The first-order valence-corrected chi connectivity index (χ1v) is 10.4. The van der Waals surface area contributed by atoms with Crippen LogP contribution in [-0.4, -0.2) is 41.9 Å². The minimum Gasteiger partial charge on any atom is -0.495 e. The van der Waals surface area contributed by atoms with Gasteiger partial charge >= 0.3 is 0 Å². The number of benzene rings is 2. The zero-order valence-corrected chi connectivity index (χ0v) is 19.2. The Morgan fingerprint density at radius 2 is 1.72 bits per heavy atom. The van der Waals surface area contributed by atoms with E-state index in [1.54, 1.807) is 49.5 Å². The van der Waals surface area contributed by atoms with E-state index in [-0.39, 0.29) is 11.5 Å². The monoisotopic (exact) mass is 497 g/mol. The molecule has 0 N–H and O–H groups in total. The number of hydrogen-bond donors (Lipinski definition) is 0. The van der Waals surface area contributed by atoms with Crippen molar-refractivity contribution < 1.29 is 23.4 Å². The van der Waals surface area contributed by atoms with Crippen LogP contribution in [-0.2, 0) is 4.74 Å². The van der Waals surface area contributed by atoms with Crippen LogP contribution in [0.15, 0.2) is 70.1 Å². The summed E-state index contributed by atoms with van der Waals surface area (Å²) < 4.78 is 24.5. The van der Waals surface area contributed by atoms with Gasteiger partial charge in [0.05, 0.1) is 19.9 Å². The van der Waals surface area contributed by atoms with E-state index in [9.17, 15) is 4.79 Å². The van der Waals surface area contributed by atoms with Crippen molar-refractivity contribution in [2.45, 2.75) is 6.10 Å². The Balaban J connectivity index is 1.60. The molecule has 1 unspecified atom stereocenters. The largest absolute Gasteiger partial charge is 0.495 e. The molecule has 2 aromatic carbocycles. The SMILES string of the molecule is COc1cc(-c2ccc(C(=O)C(OC)c3ccc(-n4cncn4)cc3)o2)cc(OC)c1Br. The van der Waals surface area contributed by atoms with Crippen molar-refractivity contribution in [2.24, 2.45) is 0 Å². The van der Waals surface area contributed by atoms with E-state index >= 15 is 0 Å². The van der Waals surface area contributed by atoms with Crippen molar-refractivity contribution in [2.75, 3.05) is 21.3 Å². The second-order valence-corrected chi connectivity index (χ2v) is 7.56. The highest BCUT2D eigenvalue weighted by molar-refractivity contribution is 9.10. The van der Waals surface area contributed by atoms with Gasteiger partial charge in [-0.15, -0.1) is 0 Å². The van der Waals surface area contributed by atoms with Crippen LogP contribution in [0.25, 0.3) is 17.0 Å². The first-order valence-electron chi connectivity index (χ1n) is 9.59. The van der Waals surface area contributed by atoms with E-state index in [2.05, 4.69) is 26.0 Å². The van der Waals surface area contributed by atoms with Gasteiger partial charge in [-0.1, -0.05) is 12.1 Å². The number of aromatic nitrogens is 3. The van der Waals surface area contributed by atoms with Gasteiger partial charge < -0.3 is 18.6 Å². The molecule has 9 heteroatoms. The lowest BCUT2D eigenvalue weighted by Crippen LogP contribution is -2.14. The molecule has 0 spiro atoms. The molecule has 2 aromatic heterocycles. The summed E-state index contributed by atoms with van der Waals surface area (Å²) in [6, 6.07) is 14.3. The Morgan fingerprint density at radius 3 is 2.28 bits per heavy atom. The molecular weight excluding hydrogens is 478 g/mol. The Morgan fingerprint density at radius 1 is 1.03 bits per heavy atom. The summed E-state index contributed by atoms with van der Waals surface area (Å²) in [5, 5.41) is 4.10. The molecule has 0 saturated heterocycles. The molecule has 8 nitrogen and oxygen atoms in total. The van der Waals surface area contributed by atoms with Crippen LogP contribution < -0.4 is 9.47 Å². The standard InChI is InChI=1S/C23H20BrN3O5/c1-29-19-10-15(11-20(30-2)21(19)24)17-8-9-18(32-17)22(28)23(31-3)14-4-6-16(7-5-14)27-13-25-12-26-27/h4-13,23H,1-3H3. The predicted octanol–water partition coefficient (Wildman–Crippen LogP) is 4.88. The van der Waals surface area contributed by atoms with Gasteiger partial charge in [0.15, 0.2) is 5.76 Å². The fraction of sp³-hybridized carbons (Fsp3) is 0.174. The number of nitrogens with zero attached hydrogens (tertiary/aromatic N) is 3. The number of ether oxygens (including phenoxy) is 3. The topological polar surface area (TPSA) is 88.6 Å². The fourth-order valence-corrected chi connectivity index (χ4v) is 3.86. The summed E-state index contributed by atoms with van der Waals surface area (Å²) in [6.45, 7) is 0. The lowest BCUT2D eigenvalue weighted by Gasteiger charge is -2.14. The predicted molar refractivity (Wildman–Crippen MR) is 120 cm³/mol. The van der Waals surface area contributed by atoms with Gasteiger partial charge in [-0.3, -0.25) is 4.79 Å². The van der Waals surface area contributed by atoms with Crippen molar-refractivity contribution in [3.8, 4) is 28.5 Å². The maximum atomic E-state index is 13.1. The summed E-state index contributed by atoms with van der Waals surface area (Å²) >= 11 is 3.45. The van der Waals surface area contributed by atoms with Crippen molar-refractivity contribution >= 4 is 21.7 Å². The molecule has 0 amide bonds. The molecule has 4 rings (SSSR count). The maximum absolute atomic E-state index is 13.1. The van der Waals surface area contributed by atoms with E-state index in [0.29, 0.717) is 32.9 Å². The molecule has 0 fully saturated rings. The van der Waals surface area contributed by atoms with E-state index in [1.807, 2.05) is 24.3 Å². The van der Waals surface area contributed by atoms with Gasteiger partial charge in [-0.05, 0) is 57.9 Å². The molecule has 0 saturated carbocycles. The van der Waals surface area contributed by atoms with Gasteiger partial charge in [0.25, 0.3) is 0 Å². The summed E-state index contributed by atoms with van der Waals surface area (Å²) in [4.78, 5) is 17.1. The van der Waals surface area contributed by atoms with E-state index in [4.69, 9.17) is 18.6 Å². The fourth-order valence-electron chi connectivity index (χ4n) is 3.30. The molecule has 32 heavy (non-hydrogen) atoms. The van der Waals surface area contributed by atoms with Crippen LogP contribution in [0.2, 0.25) is 0 Å². The highest BCUT2D eigenvalue weighted by atomic mass is 79.9. The molecule has 1 atom stereocenters. The molecule has 4 aromatic rings. The minimum absolute atomic E-state index is 0.188. The van der Waals surface area contributed by atoms with E-state index < -0.39 is 6.10 Å². The van der Waals surface area contributed by atoms with Crippen LogP contribution in [0.5, 0.6) is 11.5 Å². The number of rotatable bonds is 8. The van der Waals surface area contributed by atoms with Crippen molar-refractivity contribution in [1.29, 1.82) is 0 Å². The normalized spacial score (nSPS) is 11.9. The van der Waals surface area contributed by atoms with Crippen LogP contribution >= 0.6 is 15.9 Å². The number of Topliss-reactive ketones (excluding diaryl/α,β-unsaturated/α-hetero) is 1. The first kappa shape index (κ1) is 21.8. The Hall–Kier alpha value is -3.43. The second kappa shape index (κ2) is 9.37. The van der Waals surface area contributed by atoms with Gasteiger partial charge in [0, 0.05) is 12.7 Å². The van der Waals surface area contributed by atoms with E-state index in [1.165, 1.54) is 13.4 Å². The van der Waals surface area contributed by atoms with Crippen molar-refractivity contribution in [3.05, 3.63) is 77.0 Å². The number of halogens is 1. The number of ketones is 1. The van der Waals surface area contributed by atoms with Gasteiger partial charge in [0.2, 0.25) is 5.78 Å². The van der Waals surface area contributed by atoms with Gasteiger partial charge in [-0.25, -0.2) is 9.67 Å². The third-order valence-electron chi connectivity index (χ3n) is 4.93. The summed E-state index contributed by atoms with van der Waals surface area (Å²) in [6.07, 6.45) is 2.25. The highest BCUT2D eigenvalue weighted by Gasteiger charge is 2.25. The zero-order chi connectivity index (χ0) is 22.7. The second-order valence-electron chi connectivity index (χ2n) is 6.77. The molecule has 0 aliphatic rings. The average molecular weight is 498 g/mol. The van der Waals surface area contributed by atoms with Gasteiger partial charge in [0.1, 0.15) is 40.5 Å². The lowest BCUT2D eigenvalue weighted by atomic mass is 10.0. The molecule has 2 heterocycles. The number of carbonyl (C=O) groups is 1. The smallest absolute Gasteiger partial charge is 0.231 e. The van der Waals surface area contributed by atoms with Crippen LogP contribution in [0, 0.1) is 0 Å². The van der Waals surface area contributed by atoms with Gasteiger partial charge in [-0.2, -0.15) is 5.10 Å². The molecule has 0 bridgehead atoms. The molecular formula is C23H20BrN3O5. The van der Waals surface area contributed by atoms with Crippen LogP contribution in [0.1, 0.15) is 22.2 Å². The molecule has 0 aliphatic carbocycles. The lowest BCUT2D eigenvalue weighted by molar-refractivity contribution is 0.0577.